The van der Waals surface area contributed by atoms with Gasteiger partial charge in [-0.05, 0) is 23.6 Å². The first kappa shape index (κ1) is 12.6. The van der Waals surface area contributed by atoms with Gasteiger partial charge in [-0.25, -0.2) is 0 Å². The lowest BCUT2D eigenvalue weighted by molar-refractivity contribution is -0.113. The van der Waals surface area contributed by atoms with Crippen molar-refractivity contribution in [2.75, 3.05) is 23.4 Å². The Morgan fingerprint density at radius 2 is 2.42 bits per heavy atom. The molecule has 0 radical (unpaired) electrons. The van der Waals surface area contributed by atoms with Crippen molar-refractivity contribution < 1.29 is 4.79 Å². The number of fused-ring (bicyclic) bond motifs is 1. The summed E-state index contributed by atoms with van der Waals surface area (Å²) in [6, 6.07) is 7.86. The van der Waals surface area contributed by atoms with Crippen molar-refractivity contribution in [2.24, 2.45) is 4.99 Å². The molecule has 0 atom stereocenters. The van der Waals surface area contributed by atoms with E-state index in [9.17, 15) is 4.79 Å². The minimum Gasteiger partial charge on any atom is -0.361 e. The van der Waals surface area contributed by atoms with Crippen molar-refractivity contribution in [1.29, 1.82) is 0 Å². The van der Waals surface area contributed by atoms with Gasteiger partial charge in [0.1, 0.15) is 4.38 Å². The zero-order valence-corrected chi connectivity index (χ0v) is 11.8. The smallest absolute Gasteiger partial charge is 0.234 e. The number of nitrogens with zero attached hydrogens (tertiary/aromatic N) is 1. The third-order valence-electron chi connectivity index (χ3n) is 2.72. The first-order chi connectivity index (χ1) is 9.31. The number of aromatic amines is 1. The Labute approximate surface area is 119 Å². The van der Waals surface area contributed by atoms with Crippen molar-refractivity contribution in [1.82, 2.24) is 4.98 Å². The Hall–Kier alpha value is -1.40. The van der Waals surface area contributed by atoms with Crippen LogP contribution in [-0.2, 0) is 4.79 Å². The van der Waals surface area contributed by atoms with Crippen LogP contribution in [0.3, 0.4) is 0 Å². The van der Waals surface area contributed by atoms with E-state index in [4.69, 9.17) is 0 Å². The molecule has 1 aromatic carbocycles. The number of benzene rings is 1. The first-order valence-corrected chi connectivity index (χ1v) is 7.95. The number of aromatic nitrogens is 1. The van der Waals surface area contributed by atoms with Crippen molar-refractivity contribution in [3.63, 3.8) is 0 Å². The summed E-state index contributed by atoms with van der Waals surface area (Å²) in [6.45, 7) is 0.873. The molecule has 1 aromatic heterocycles. The van der Waals surface area contributed by atoms with Gasteiger partial charge in [0.15, 0.2) is 0 Å². The molecule has 0 spiro atoms. The van der Waals surface area contributed by atoms with Gasteiger partial charge in [-0.15, -0.1) is 0 Å². The van der Waals surface area contributed by atoms with Gasteiger partial charge in [-0.3, -0.25) is 9.79 Å². The normalized spacial score (nSPS) is 14.6. The zero-order chi connectivity index (χ0) is 13.1. The number of thioether (sulfide) groups is 2. The molecule has 6 heteroatoms. The number of anilines is 1. The van der Waals surface area contributed by atoms with Crippen LogP contribution in [0.15, 0.2) is 35.5 Å². The van der Waals surface area contributed by atoms with Crippen LogP contribution >= 0.6 is 23.5 Å². The van der Waals surface area contributed by atoms with Gasteiger partial charge < -0.3 is 10.3 Å². The highest BCUT2D eigenvalue weighted by atomic mass is 32.2. The van der Waals surface area contributed by atoms with E-state index < -0.39 is 0 Å². The molecule has 2 aromatic rings. The van der Waals surface area contributed by atoms with E-state index in [0.29, 0.717) is 5.75 Å². The molecular weight excluding hydrogens is 278 g/mol. The quantitative estimate of drug-likeness (QED) is 0.914. The largest absolute Gasteiger partial charge is 0.361 e. The Kier molecular flexibility index (Phi) is 3.79. The number of amides is 1. The number of carbonyl (C=O) groups is 1. The second kappa shape index (κ2) is 5.71. The van der Waals surface area contributed by atoms with Crippen LogP contribution in [0.25, 0.3) is 10.9 Å². The summed E-state index contributed by atoms with van der Waals surface area (Å²) in [4.78, 5) is 19.3. The number of nitrogens with one attached hydrogen (secondary N) is 2. The van der Waals surface area contributed by atoms with Gasteiger partial charge in [-0.1, -0.05) is 29.6 Å². The number of aliphatic imine (C=N–C) groups is 1. The van der Waals surface area contributed by atoms with Gasteiger partial charge in [0, 0.05) is 23.2 Å². The minimum atomic E-state index is 0.00565. The summed E-state index contributed by atoms with van der Waals surface area (Å²) in [7, 11) is 0. The van der Waals surface area contributed by atoms with Gasteiger partial charge in [0.25, 0.3) is 0 Å². The molecule has 19 heavy (non-hydrogen) atoms. The van der Waals surface area contributed by atoms with Crippen molar-refractivity contribution in [2.45, 2.75) is 0 Å². The van der Waals surface area contributed by atoms with E-state index >= 15 is 0 Å². The Morgan fingerprint density at radius 1 is 1.47 bits per heavy atom. The number of rotatable bonds is 3. The lowest BCUT2D eigenvalue weighted by Crippen LogP contribution is -2.14. The van der Waals surface area contributed by atoms with Crippen molar-refractivity contribution in [3.05, 3.63) is 30.5 Å². The molecule has 4 nitrogen and oxygen atoms in total. The summed E-state index contributed by atoms with van der Waals surface area (Å²) >= 11 is 3.23. The summed E-state index contributed by atoms with van der Waals surface area (Å²) < 4.78 is 1.02. The number of hydrogen-bond acceptors (Lipinski definition) is 4. The highest BCUT2D eigenvalue weighted by Crippen LogP contribution is 2.22. The third-order valence-corrected chi connectivity index (χ3v) is 4.98. The highest BCUT2D eigenvalue weighted by molar-refractivity contribution is 8.39. The third kappa shape index (κ3) is 3.13. The van der Waals surface area contributed by atoms with Crippen molar-refractivity contribution in [3.8, 4) is 0 Å². The molecule has 1 amide bonds. The zero-order valence-electron chi connectivity index (χ0n) is 10.2. The van der Waals surface area contributed by atoms with Crippen LogP contribution in [-0.4, -0.2) is 33.3 Å². The predicted molar refractivity (Wildman–Crippen MR) is 84.1 cm³/mol. The molecule has 0 fully saturated rings. The predicted octanol–water partition coefficient (Wildman–Crippen LogP) is 2.94. The summed E-state index contributed by atoms with van der Waals surface area (Å²) in [6.07, 6.45) is 1.89. The maximum Gasteiger partial charge on any atom is 0.234 e. The van der Waals surface area contributed by atoms with E-state index in [1.807, 2.05) is 30.5 Å². The molecule has 1 aliphatic heterocycles. The lowest BCUT2D eigenvalue weighted by Gasteiger charge is -2.05. The molecule has 0 bridgehead atoms. The van der Waals surface area contributed by atoms with E-state index in [1.54, 1.807) is 11.8 Å². The van der Waals surface area contributed by atoms with Crippen LogP contribution in [0.5, 0.6) is 0 Å². The second-order valence-corrected chi connectivity index (χ2v) is 6.42. The summed E-state index contributed by atoms with van der Waals surface area (Å²) in [5.41, 5.74) is 1.85. The molecule has 3 rings (SSSR count). The molecule has 0 aliphatic carbocycles. The minimum absolute atomic E-state index is 0.00565. The molecule has 0 saturated heterocycles. The van der Waals surface area contributed by atoms with Gasteiger partial charge in [0.05, 0.1) is 12.3 Å². The van der Waals surface area contributed by atoms with Crippen LogP contribution in [0, 0.1) is 0 Å². The Bertz CT molecular complexity index is 636. The first-order valence-electron chi connectivity index (χ1n) is 5.98. The molecule has 2 heterocycles. The van der Waals surface area contributed by atoms with E-state index in [-0.39, 0.29) is 5.91 Å². The molecule has 0 unspecified atom stereocenters. The fourth-order valence-electron chi connectivity index (χ4n) is 1.85. The molecule has 98 valence electrons. The second-order valence-electron chi connectivity index (χ2n) is 4.11. The monoisotopic (exact) mass is 291 g/mol. The molecule has 0 saturated carbocycles. The van der Waals surface area contributed by atoms with Gasteiger partial charge >= 0.3 is 0 Å². The van der Waals surface area contributed by atoms with Gasteiger partial charge in [-0.2, -0.15) is 0 Å². The van der Waals surface area contributed by atoms with Crippen molar-refractivity contribution >= 4 is 50.4 Å². The van der Waals surface area contributed by atoms with E-state index in [2.05, 4.69) is 15.3 Å². The SMILES string of the molecule is O=C(CSC1=NCCS1)Nc1ccc2cc[nH]c2c1. The maximum atomic E-state index is 11.8. The molecular formula is C13H13N3OS2. The fourth-order valence-corrected chi connectivity index (χ4v) is 3.66. The number of carbonyl (C=O) groups excluding carboxylic acids is 1. The van der Waals surface area contributed by atoms with Crippen LogP contribution in [0.4, 0.5) is 5.69 Å². The number of hydrogen-bond donors (Lipinski definition) is 2. The van der Waals surface area contributed by atoms with E-state index in [0.717, 1.165) is 33.3 Å². The number of H-pyrrole nitrogens is 1. The Morgan fingerprint density at radius 3 is 3.26 bits per heavy atom. The van der Waals surface area contributed by atoms with E-state index in [1.165, 1.54) is 11.8 Å². The maximum absolute atomic E-state index is 11.8. The average Bonchev–Trinajstić information content (AvgIpc) is 3.07. The Balaban J connectivity index is 1.58. The van der Waals surface area contributed by atoms with Crippen LogP contribution in [0.2, 0.25) is 0 Å². The lowest BCUT2D eigenvalue weighted by atomic mass is 10.2. The topological polar surface area (TPSA) is 57.2 Å². The van der Waals surface area contributed by atoms with Crippen LogP contribution < -0.4 is 5.32 Å². The molecule has 1 aliphatic rings. The van der Waals surface area contributed by atoms with Gasteiger partial charge in [0.2, 0.25) is 5.91 Å². The summed E-state index contributed by atoms with van der Waals surface area (Å²) in [5.74, 6) is 1.45. The summed E-state index contributed by atoms with van der Waals surface area (Å²) in [5, 5.41) is 4.05. The fraction of sp³-hybridized carbons (Fsp3) is 0.231. The van der Waals surface area contributed by atoms with Crippen LogP contribution in [0.1, 0.15) is 0 Å². The average molecular weight is 291 g/mol. The standard InChI is InChI=1S/C13H13N3OS2/c17-12(8-19-13-15-5-6-18-13)16-10-2-1-9-3-4-14-11(9)7-10/h1-4,7,14H,5-6,8H2,(H,16,17). The highest BCUT2D eigenvalue weighted by Gasteiger charge is 2.10. The molecule has 2 N–H and O–H groups in total.